The van der Waals surface area contributed by atoms with Gasteiger partial charge in [-0.05, 0) is 44.5 Å². The van der Waals surface area contributed by atoms with E-state index in [0.29, 0.717) is 23.6 Å². The van der Waals surface area contributed by atoms with Crippen molar-refractivity contribution in [3.63, 3.8) is 0 Å². The number of carbonyl (C=O) groups excluding carboxylic acids is 1. The third kappa shape index (κ3) is 3.47. The second-order valence-corrected chi connectivity index (χ2v) is 6.03. The molecule has 0 aromatic heterocycles. The van der Waals surface area contributed by atoms with E-state index in [4.69, 9.17) is 10.5 Å². The van der Waals surface area contributed by atoms with Gasteiger partial charge < -0.3 is 20.7 Å². The van der Waals surface area contributed by atoms with Gasteiger partial charge in [-0.25, -0.2) is 0 Å². The Morgan fingerprint density at radius 3 is 2.76 bits per heavy atom. The largest absolute Gasteiger partial charge is 0.495 e. The Balaban J connectivity index is 2.21. The fraction of sp³-hybridized carbons (Fsp3) is 0.562. The molecule has 5 nitrogen and oxygen atoms in total. The van der Waals surface area contributed by atoms with Crippen molar-refractivity contribution in [1.82, 2.24) is 4.90 Å². The number of hydrogen-bond donors (Lipinski definition) is 2. The van der Waals surface area contributed by atoms with E-state index in [0.717, 1.165) is 24.4 Å². The number of benzene rings is 1. The van der Waals surface area contributed by atoms with Crippen molar-refractivity contribution in [2.75, 3.05) is 26.0 Å². The van der Waals surface area contributed by atoms with Crippen LogP contribution in [0.4, 0.5) is 5.69 Å². The van der Waals surface area contributed by atoms with E-state index < -0.39 is 5.91 Å². The Morgan fingerprint density at radius 2 is 2.14 bits per heavy atom. The molecule has 1 aromatic carbocycles. The zero-order valence-corrected chi connectivity index (χ0v) is 13.2. The summed E-state index contributed by atoms with van der Waals surface area (Å²) in [7, 11) is 3.79. The van der Waals surface area contributed by atoms with Crippen LogP contribution in [-0.4, -0.2) is 43.6 Å². The monoisotopic (exact) mass is 291 g/mol. The average molecular weight is 291 g/mol. The first kappa shape index (κ1) is 15.6. The molecular weight excluding hydrogens is 266 g/mol. The van der Waals surface area contributed by atoms with Crippen LogP contribution >= 0.6 is 0 Å². The van der Waals surface area contributed by atoms with Crippen molar-refractivity contribution in [2.45, 2.75) is 32.4 Å². The Labute approximate surface area is 126 Å². The van der Waals surface area contributed by atoms with E-state index in [9.17, 15) is 4.79 Å². The number of anilines is 1. The number of nitrogens with two attached hydrogens (primary N) is 1. The molecule has 21 heavy (non-hydrogen) atoms. The van der Waals surface area contributed by atoms with Gasteiger partial charge in [0.1, 0.15) is 5.75 Å². The van der Waals surface area contributed by atoms with Crippen LogP contribution < -0.4 is 15.8 Å². The summed E-state index contributed by atoms with van der Waals surface area (Å²) in [6.45, 7) is 5.53. The number of carbonyl (C=O) groups is 1. The molecule has 3 N–H and O–H groups in total. The second kappa shape index (κ2) is 6.35. The van der Waals surface area contributed by atoms with Gasteiger partial charge in [0.2, 0.25) is 5.91 Å². The van der Waals surface area contributed by atoms with Gasteiger partial charge in [-0.3, -0.25) is 4.79 Å². The van der Waals surface area contributed by atoms with Crippen molar-refractivity contribution in [3.8, 4) is 5.75 Å². The number of likely N-dealkylation sites (tertiary alicyclic amines) is 1. The lowest BCUT2D eigenvalue weighted by Crippen LogP contribution is -2.48. The maximum Gasteiger partial charge on any atom is 0.248 e. The quantitative estimate of drug-likeness (QED) is 0.889. The minimum Gasteiger partial charge on any atom is -0.495 e. The standard InChI is InChI=1S/C16H25N3O2/c1-10-9-19(3)11(2)7-13(10)18-14-8-12(16(17)20)5-6-15(14)21-4/h5-6,8,10-11,13,18H,7,9H2,1-4H3,(H2,17,20). The molecule has 116 valence electrons. The molecule has 2 rings (SSSR count). The first-order chi connectivity index (χ1) is 9.92. The Bertz CT molecular complexity index is 518. The Hall–Kier alpha value is -1.75. The summed E-state index contributed by atoms with van der Waals surface area (Å²) >= 11 is 0. The van der Waals surface area contributed by atoms with Gasteiger partial charge in [0.15, 0.2) is 0 Å². The Morgan fingerprint density at radius 1 is 1.43 bits per heavy atom. The van der Waals surface area contributed by atoms with Gasteiger partial charge in [0, 0.05) is 24.2 Å². The molecule has 1 aliphatic rings. The molecule has 1 amide bonds. The van der Waals surface area contributed by atoms with Crippen LogP contribution in [0, 0.1) is 5.92 Å². The van der Waals surface area contributed by atoms with E-state index in [2.05, 4.69) is 31.1 Å². The fourth-order valence-electron chi connectivity index (χ4n) is 2.92. The molecular formula is C16H25N3O2. The number of nitrogens with one attached hydrogen (secondary N) is 1. The number of hydrogen-bond acceptors (Lipinski definition) is 4. The van der Waals surface area contributed by atoms with Crippen LogP contribution in [0.15, 0.2) is 18.2 Å². The van der Waals surface area contributed by atoms with Crippen LogP contribution in [0.25, 0.3) is 0 Å². The van der Waals surface area contributed by atoms with Gasteiger partial charge in [-0.1, -0.05) is 6.92 Å². The summed E-state index contributed by atoms with van der Waals surface area (Å²) in [5.41, 5.74) is 6.69. The SMILES string of the molecule is COc1ccc(C(N)=O)cc1NC1CC(C)N(C)CC1C. The molecule has 0 saturated carbocycles. The van der Waals surface area contributed by atoms with Crippen LogP contribution in [-0.2, 0) is 0 Å². The van der Waals surface area contributed by atoms with Crippen LogP contribution in [0.1, 0.15) is 30.6 Å². The minimum absolute atomic E-state index is 0.355. The van der Waals surface area contributed by atoms with Crippen LogP contribution in [0.3, 0.4) is 0 Å². The number of ether oxygens (including phenoxy) is 1. The smallest absolute Gasteiger partial charge is 0.248 e. The van der Waals surface area contributed by atoms with Crippen molar-refractivity contribution < 1.29 is 9.53 Å². The summed E-state index contributed by atoms with van der Waals surface area (Å²) in [6.07, 6.45) is 1.06. The second-order valence-electron chi connectivity index (χ2n) is 6.03. The molecule has 1 saturated heterocycles. The first-order valence-corrected chi connectivity index (χ1v) is 7.37. The lowest BCUT2D eigenvalue weighted by atomic mass is 9.89. The van der Waals surface area contributed by atoms with Gasteiger partial charge >= 0.3 is 0 Å². The fourth-order valence-corrected chi connectivity index (χ4v) is 2.92. The molecule has 1 fully saturated rings. The van der Waals surface area contributed by atoms with Crippen molar-refractivity contribution in [3.05, 3.63) is 23.8 Å². The van der Waals surface area contributed by atoms with Crippen molar-refractivity contribution >= 4 is 11.6 Å². The number of primary amides is 1. The Kier molecular flexibility index (Phi) is 4.73. The topological polar surface area (TPSA) is 67.6 Å². The maximum absolute atomic E-state index is 11.4. The highest BCUT2D eigenvalue weighted by molar-refractivity contribution is 5.94. The lowest BCUT2D eigenvalue weighted by molar-refractivity contribution is 0.100. The molecule has 0 bridgehead atoms. The normalized spacial score (nSPS) is 26.4. The van der Waals surface area contributed by atoms with Crippen molar-refractivity contribution in [2.24, 2.45) is 11.7 Å². The van der Waals surface area contributed by atoms with Gasteiger partial charge in [0.05, 0.1) is 12.8 Å². The zero-order valence-electron chi connectivity index (χ0n) is 13.2. The molecule has 5 heteroatoms. The summed E-state index contributed by atoms with van der Waals surface area (Å²) < 4.78 is 5.38. The molecule has 3 unspecified atom stereocenters. The third-order valence-corrected chi connectivity index (χ3v) is 4.44. The van der Waals surface area contributed by atoms with Gasteiger partial charge in [-0.2, -0.15) is 0 Å². The summed E-state index contributed by atoms with van der Waals surface area (Å²) in [6, 6.07) is 6.13. The van der Waals surface area contributed by atoms with E-state index in [1.54, 1.807) is 25.3 Å². The predicted octanol–water partition coefficient (Wildman–Crippen LogP) is 1.93. The highest BCUT2D eigenvalue weighted by atomic mass is 16.5. The lowest BCUT2D eigenvalue weighted by Gasteiger charge is -2.40. The van der Waals surface area contributed by atoms with Gasteiger partial charge in [-0.15, -0.1) is 0 Å². The summed E-state index contributed by atoms with van der Waals surface area (Å²) in [5, 5.41) is 3.54. The number of rotatable bonds is 4. The first-order valence-electron chi connectivity index (χ1n) is 7.37. The summed E-state index contributed by atoms with van der Waals surface area (Å²) in [4.78, 5) is 13.7. The highest BCUT2D eigenvalue weighted by Gasteiger charge is 2.29. The third-order valence-electron chi connectivity index (χ3n) is 4.44. The number of piperidine rings is 1. The molecule has 1 aromatic rings. The van der Waals surface area contributed by atoms with Crippen molar-refractivity contribution in [1.29, 1.82) is 0 Å². The predicted molar refractivity (Wildman–Crippen MR) is 84.8 cm³/mol. The molecule has 0 spiro atoms. The molecule has 1 heterocycles. The maximum atomic E-state index is 11.4. The van der Waals surface area contributed by atoms with Crippen LogP contribution in [0.2, 0.25) is 0 Å². The van der Waals surface area contributed by atoms with E-state index in [-0.39, 0.29) is 0 Å². The number of methoxy groups -OCH3 is 1. The zero-order chi connectivity index (χ0) is 15.6. The molecule has 1 aliphatic heterocycles. The van der Waals surface area contributed by atoms with E-state index >= 15 is 0 Å². The summed E-state index contributed by atoms with van der Waals surface area (Å²) in [5.74, 6) is 0.831. The molecule has 0 aliphatic carbocycles. The molecule has 3 atom stereocenters. The number of amides is 1. The molecule has 0 radical (unpaired) electrons. The average Bonchev–Trinajstić information content (AvgIpc) is 2.44. The highest BCUT2D eigenvalue weighted by Crippen LogP contribution is 2.30. The van der Waals surface area contributed by atoms with Gasteiger partial charge in [0.25, 0.3) is 0 Å². The van der Waals surface area contributed by atoms with E-state index in [1.807, 2.05) is 0 Å². The van der Waals surface area contributed by atoms with Crippen LogP contribution in [0.5, 0.6) is 5.75 Å². The minimum atomic E-state index is -0.425. The number of nitrogens with zero attached hydrogens (tertiary/aromatic N) is 1. The van der Waals surface area contributed by atoms with E-state index in [1.165, 1.54) is 0 Å².